The Bertz CT molecular complexity index is 516. The van der Waals surface area contributed by atoms with E-state index in [1.807, 2.05) is 17.5 Å². The third-order valence-corrected chi connectivity index (χ3v) is 3.96. The van der Waals surface area contributed by atoms with Crippen LogP contribution in [0.4, 0.5) is 4.39 Å². The fourth-order valence-electron chi connectivity index (χ4n) is 1.70. The molecule has 0 aliphatic carbocycles. The highest BCUT2D eigenvalue weighted by molar-refractivity contribution is 7.09. The molecule has 0 radical (unpaired) electrons. The largest absolute Gasteiger partial charge is 0.299 e. The summed E-state index contributed by atoms with van der Waals surface area (Å²) in [5, 5.41) is 2.30. The Hall–Kier alpha value is -1.19. The van der Waals surface area contributed by atoms with E-state index in [2.05, 4.69) is 0 Å². The number of rotatable bonds is 5. The average molecular weight is 283 g/mol. The Kier molecular flexibility index (Phi) is 4.50. The topological polar surface area (TPSA) is 17.1 Å². The van der Waals surface area contributed by atoms with Crippen molar-refractivity contribution in [1.82, 2.24) is 0 Å². The summed E-state index contributed by atoms with van der Waals surface area (Å²) in [4.78, 5) is 13.0. The molecule has 1 nitrogen and oxygen atoms in total. The number of hydrogen-bond donors (Lipinski definition) is 0. The maximum absolute atomic E-state index is 13.5. The van der Waals surface area contributed by atoms with Crippen molar-refractivity contribution in [1.29, 1.82) is 0 Å². The van der Waals surface area contributed by atoms with Crippen LogP contribution in [-0.4, -0.2) is 5.78 Å². The molecule has 0 amide bonds. The van der Waals surface area contributed by atoms with Crippen molar-refractivity contribution in [3.05, 3.63) is 57.0 Å². The summed E-state index contributed by atoms with van der Waals surface area (Å²) in [7, 11) is 0. The van der Waals surface area contributed by atoms with Crippen LogP contribution in [-0.2, 0) is 17.6 Å². The van der Waals surface area contributed by atoms with Crippen molar-refractivity contribution < 1.29 is 9.18 Å². The monoisotopic (exact) mass is 282 g/mol. The lowest BCUT2D eigenvalue weighted by Gasteiger charge is -2.04. The maximum Gasteiger partial charge on any atom is 0.137 e. The summed E-state index contributed by atoms with van der Waals surface area (Å²) in [6, 6.07) is 8.42. The zero-order valence-corrected chi connectivity index (χ0v) is 11.2. The highest BCUT2D eigenvalue weighted by atomic mass is 35.5. The van der Waals surface area contributed by atoms with Gasteiger partial charge in [-0.25, -0.2) is 4.39 Å². The number of halogens is 2. The minimum absolute atomic E-state index is 0.00963. The van der Waals surface area contributed by atoms with Crippen LogP contribution in [0, 0.1) is 5.82 Å². The highest BCUT2D eigenvalue weighted by Gasteiger charge is 2.12. The average Bonchev–Trinajstić information content (AvgIpc) is 2.84. The second-order valence-electron chi connectivity index (χ2n) is 4.00. The van der Waals surface area contributed by atoms with E-state index in [1.165, 1.54) is 17.0 Å². The number of ketones is 1. The summed E-state index contributed by atoms with van der Waals surface area (Å²) in [5.74, 6) is -0.401. The van der Waals surface area contributed by atoms with Crippen LogP contribution in [0.1, 0.15) is 16.9 Å². The smallest absolute Gasteiger partial charge is 0.137 e. The molecule has 18 heavy (non-hydrogen) atoms. The third kappa shape index (κ3) is 3.40. The number of benzene rings is 1. The third-order valence-electron chi connectivity index (χ3n) is 2.67. The normalized spacial score (nSPS) is 10.6. The van der Waals surface area contributed by atoms with Crippen LogP contribution in [0.2, 0.25) is 5.02 Å². The van der Waals surface area contributed by atoms with E-state index in [0.717, 1.165) is 0 Å². The van der Waals surface area contributed by atoms with Gasteiger partial charge in [0.05, 0.1) is 0 Å². The molecule has 0 fully saturated rings. The molecule has 0 saturated heterocycles. The molecule has 1 aromatic carbocycles. The van der Waals surface area contributed by atoms with Gasteiger partial charge in [0, 0.05) is 28.3 Å². The van der Waals surface area contributed by atoms with Gasteiger partial charge in [-0.3, -0.25) is 4.79 Å². The molecule has 1 heterocycles. The second-order valence-corrected chi connectivity index (χ2v) is 5.43. The Balaban J connectivity index is 1.95. The molecule has 4 heteroatoms. The first-order valence-corrected chi connectivity index (χ1v) is 6.89. The molecule has 0 N–H and O–H groups in total. The molecule has 2 rings (SSSR count). The van der Waals surface area contributed by atoms with Crippen molar-refractivity contribution in [3.63, 3.8) is 0 Å². The van der Waals surface area contributed by atoms with Crippen LogP contribution in [0.25, 0.3) is 0 Å². The lowest BCUT2D eigenvalue weighted by atomic mass is 10.0. The summed E-state index contributed by atoms with van der Waals surface area (Å²) in [6.07, 6.45) is 1.20. The molecule has 1 aromatic heterocycles. The van der Waals surface area contributed by atoms with Gasteiger partial charge >= 0.3 is 0 Å². The van der Waals surface area contributed by atoms with Crippen LogP contribution in [0.15, 0.2) is 35.7 Å². The van der Waals surface area contributed by atoms with E-state index < -0.39 is 5.82 Å². The lowest BCUT2D eigenvalue weighted by molar-refractivity contribution is -0.118. The Labute approximate surface area is 114 Å². The summed E-state index contributed by atoms with van der Waals surface area (Å²) in [5.41, 5.74) is 0.301. The predicted octanol–water partition coefficient (Wildman–Crippen LogP) is 4.29. The number of Topliss-reactive ketones (excluding diaryl/α,β-unsaturated/α-hetero) is 1. The summed E-state index contributed by atoms with van der Waals surface area (Å²) in [6.45, 7) is 0. The van der Waals surface area contributed by atoms with Crippen molar-refractivity contribution in [2.45, 2.75) is 19.3 Å². The molecular weight excluding hydrogens is 271 g/mol. The van der Waals surface area contributed by atoms with E-state index >= 15 is 0 Å². The molecule has 2 aromatic rings. The molecule has 0 aliphatic heterocycles. The van der Waals surface area contributed by atoms with E-state index in [9.17, 15) is 9.18 Å². The standard InChI is InChI=1S/C14H12ClFOS/c15-13-4-1-5-14(16)12(13)9-10(17)6-7-11-3-2-8-18-11/h1-5,8H,6-7,9H2. The molecule has 0 atom stereocenters. The number of hydrogen-bond acceptors (Lipinski definition) is 2. The minimum atomic E-state index is -0.410. The highest BCUT2D eigenvalue weighted by Crippen LogP contribution is 2.20. The predicted molar refractivity (Wildman–Crippen MR) is 72.8 cm³/mol. The first kappa shape index (κ1) is 13.2. The summed E-state index contributed by atoms with van der Waals surface area (Å²) >= 11 is 7.51. The SMILES string of the molecule is O=C(CCc1cccs1)Cc1c(F)cccc1Cl. The number of aryl methyl sites for hydroxylation is 1. The maximum atomic E-state index is 13.5. The fraction of sp³-hybridized carbons (Fsp3) is 0.214. The van der Waals surface area contributed by atoms with Gasteiger partial charge in [0.2, 0.25) is 0 Å². The quantitative estimate of drug-likeness (QED) is 0.800. The fourth-order valence-corrected chi connectivity index (χ4v) is 2.64. The number of carbonyl (C=O) groups excluding carboxylic acids is 1. The zero-order chi connectivity index (χ0) is 13.0. The van der Waals surface area contributed by atoms with Gasteiger partial charge < -0.3 is 0 Å². The zero-order valence-electron chi connectivity index (χ0n) is 9.66. The lowest BCUT2D eigenvalue weighted by Crippen LogP contribution is -2.06. The van der Waals surface area contributed by atoms with E-state index in [0.29, 0.717) is 23.4 Å². The van der Waals surface area contributed by atoms with Gasteiger partial charge in [-0.05, 0) is 30.0 Å². The number of carbonyl (C=O) groups is 1. The molecule has 0 bridgehead atoms. The van der Waals surface area contributed by atoms with E-state index in [4.69, 9.17) is 11.6 Å². The molecule has 0 aliphatic rings. The van der Waals surface area contributed by atoms with Crippen LogP contribution >= 0.6 is 22.9 Å². The molecule has 94 valence electrons. The van der Waals surface area contributed by atoms with Crippen LogP contribution < -0.4 is 0 Å². The number of thiophene rings is 1. The first-order valence-electron chi connectivity index (χ1n) is 5.64. The Morgan fingerprint density at radius 2 is 2.11 bits per heavy atom. The Morgan fingerprint density at radius 1 is 1.28 bits per heavy atom. The first-order chi connectivity index (χ1) is 8.66. The van der Waals surface area contributed by atoms with Crippen molar-refractivity contribution in [2.24, 2.45) is 0 Å². The summed E-state index contributed by atoms with van der Waals surface area (Å²) < 4.78 is 13.5. The molecule has 0 saturated carbocycles. The van der Waals surface area contributed by atoms with Gasteiger partial charge in [0.25, 0.3) is 0 Å². The van der Waals surface area contributed by atoms with Gasteiger partial charge in [-0.1, -0.05) is 23.7 Å². The second kappa shape index (κ2) is 6.12. The molecule has 0 unspecified atom stereocenters. The minimum Gasteiger partial charge on any atom is -0.299 e. The van der Waals surface area contributed by atoms with Crippen LogP contribution in [0.3, 0.4) is 0 Å². The van der Waals surface area contributed by atoms with Crippen molar-refractivity contribution in [3.8, 4) is 0 Å². The van der Waals surface area contributed by atoms with Crippen LogP contribution in [0.5, 0.6) is 0 Å². The van der Waals surface area contributed by atoms with E-state index in [1.54, 1.807) is 17.4 Å². The van der Waals surface area contributed by atoms with Crippen molar-refractivity contribution >= 4 is 28.7 Å². The molecular formula is C14H12ClFOS. The Morgan fingerprint density at radius 3 is 2.78 bits per heavy atom. The van der Waals surface area contributed by atoms with Gasteiger partial charge in [-0.2, -0.15) is 0 Å². The molecule has 0 spiro atoms. The van der Waals surface area contributed by atoms with Gasteiger partial charge in [-0.15, -0.1) is 11.3 Å². The van der Waals surface area contributed by atoms with Crippen molar-refractivity contribution in [2.75, 3.05) is 0 Å². The van der Waals surface area contributed by atoms with Gasteiger partial charge in [0.1, 0.15) is 11.6 Å². The van der Waals surface area contributed by atoms with Gasteiger partial charge in [0.15, 0.2) is 0 Å². The van der Waals surface area contributed by atoms with E-state index in [-0.39, 0.29) is 12.2 Å².